The van der Waals surface area contributed by atoms with Crippen LogP contribution in [0.1, 0.15) is 37.0 Å². The van der Waals surface area contributed by atoms with Gasteiger partial charge in [0.2, 0.25) is 15.9 Å². The summed E-state index contributed by atoms with van der Waals surface area (Å²) in [5.41, 5.74) is 1.27. The Bertz CT molecular complexity index is 1440. The lowest BCUT2D eigenvalue weighted by atomic mass is 9.93. The number of amides is 1. The molecule has 1 aliphatic heterocycles. The monoisotopic (exact) mass is 531 g/mol. The fourth-order valence-electron chi connectivity index (χ4n) is 4.96. The van der Waals surface area contributed by atoms with Crippen molar-refractivity contribution >= 4 is 21.7 Å². The van der Waals surface area contributed by atoms with Crippen LogP contribution in [-0.2, 0) is 20.2 Å². The van der Waals surface area contributed by atoms with E-state index in [-0.39, 0.29) is 34.9 Å². The van der Waals surface area contributed by atoms with Gasteiger partial charge in [0, 0.05) is 35.5 Å². The van der Waals surface area contributed by atoms with E-state index in [2.05, 4.69) is 10.3 Å². The summed E-state index contributed by atoms with van der Waals surface area (Å²) < 4.78 is 32.8. The van der Waals surface area contributed by atoms with Gasteiger partial charge in [-0.15, -0.1) is 0 Å². The van der Waals surface area contributed by atoms with E-state index in [9.17, 15) is 23.4 Å². The molecule has 0 bridgehead atoms. The van der Waals surface area contributed by atoms with Crippen LogP contribution in [0.3, 0.4) is 0 Å². The number of nitrogens with zero attached hydrogens (tertiary/aromatic N) is 2. The summed E-state index contributed by atoms with van der Waals surface area (Å²) in [5.74, 6) is 0.708. The van der Waals surface area contributed by atoms with Crippen molar-refractivity contribution in [2.45, 2.75) is 42.0 Å². The molecule has 202 valence electrons. The maximum absolute atomic E-state index is 13.3. The average molecular weight is 532 g/mol. The zero-order chi connectivity index (χ0) is 26.2. The SMILES string of the molecule is COc1cc(O)ccc1C1(C(=O)Nc2cccc(-c3ccc(S(=O)(=O)N4CCC[C@@H]4CO)cc3)n2)CC1.[HH].[HH].[HH].[HH]. The first kappa shape index (κ1) is 25.2. The lowest BCUT2D eigenvalue weighted by molar-refractivity contribution is -0.118. The number of carbonyl (C=O) groups excluding carboxylic acids is 1. The number of phenols is 1. The standard InChI is InChI=1S/C27H29N3O6S.4H2/c1-36-24-16-20(32)9-12-22(24)27(13-14-27)26(33)29-25-6-2-5-23(28-25)18-7-10-21(11-8-18)37(34,35)30-15-3-4-19(30)17-31;;;;/h2,5-12,16,19,31-32H,3-4,13-15,17H2,1H3,(H,28,29,33);4*1H/t19-;;;;/m1..../s1. The Labute approximate surface area is 221 Å². The molecule has 0 radical (unpaired) electrons. The highest BCUT2D eigenvalue weighted by Crippen LogP contribution is 2.52. The number of ether oxygens (including phenoxy) is 1. The van der Waals surface area contributed by atoms with Crippen LogP contribution >= 0.6 is 0 Å². The molecular weight excluding hydrogens is 494 g/mol. The van der Waals surface area contributed by atoms with E-state index in [1.165, 1.54) is 17.5 Å². The van der Waals surface area contributed by atoms with Gasteiger partial charge in [-0.1, -0.05) is 24.3 Å². The number of anilines is 1. The van der Waals surface area contributed by atoms with Crippen molar-refractivity contribution in [3.05, 3.63) is 66.2 Å². The van der Waals surface area contributed by atoms with E-state index in [0.29, 0.717) is 48.6 Å². The Morgan fingerprint density at radius 1 is 1.19 bits per heavy atom. The van der Waals surface area contributed by atoms with Crippen molar-refractivity contribution in [1.29, 1.82) is 0 Å². The fraction of sp³-hybridized carbons (Fsp3) is 0.333. The van der Waals surface area contributed by atoms with E-state index in [1.807, 2.05) is 0 Å². The largest absolute Gasteiger partial charge is 0.508 e. The first-order valence-corrected chi connectivity index (χ1v) is 13.6. The molecule has 1 aliphatic carbocycles. The highest BCUT2D eigenvalue weighted by Gasteiger charge is 2.53. The van der Waals surface area contributed by atoms with Gasteiger partial charge in [-0.05, 0) is 56.0 Å². The van der Waals surface area contributed by atoms with Gasteiger partial charge in [0.15, 0.2) is 0 Å². The van der Waals surface area contributed by atoms with Crippen molar-refractivity contribution in [3.63, 3.8) is 0 Å². The Hall–Kier alpha value is -3.47. The zero-order valence-corrected chi connectivity index (χ0v) is 21.2. The Kier molecular flexibility index (Phi) is 6.65. The zero-order valence-electron chi connectivity index (χ0n) is 20.4. The van der Waals surface area contributed by atoms with E-state index in [0.717, 1.165) is 12.0 Å². The van der Waals surface area contributed by atoms with Crippen molar-refractivity contribution < 1.29 is 33.9 Å². The molecule has 1 aromatic heterocycles. The number of carbonyl (C=O) groups is 1. The predicted octanol–water partition coefficient (Wildman–Crippen LogP) is 4.26. The molecule has 1 saturated heterocycles. The Morgan fingerprint density at radius 3 is 2.62 bits per heavy atom. The minimum absolute atomic E-state index is 0. The second-order valence-corrected chi connectivity index (χ2v) is 11.3. The van der Waals surface area contributed by atoms with Crippen LogP contribution in [0.4, 0.5) is 5.82 Å². The van der Waals surface area contributed by atoms with Crippen LogP contribution in [0.15, 0.2) is 65.6 Å². The number of nitrogens with one attached hydrogen (secondary N) is 1. The topological polar surface area (TPSA) is 129 Å². The van der Waals surface area contributed by atoms with Crippen molar-refractivity contribution in [1.82, 2.24) is 9.29 Å². The summed E-state index contributed by atoms with van der Waals surface area (Å²) in [5, 5.41) is 22.2. The van der Waals surface area contributed by atoms with Gasteiger partial charge < -0.3 is 20.3 Å². The maximum Gasteiger partial charge on any atom is 0.243 e. The molecule has 2 aliphatic rings. The van der Waals surface area contributed by atoms with Gasteiger partial charge >= 0.3 is 0 Å². The number of hydrogen-bond donors (Lipinski definition) is 3. The molecule has 3 aromatic rings. The first-order chi connectivity index (χ1) is 17.8. The van der Waals surface area contributed by atoms with Crippen LogP contribution in [0.5, 0.6) is 11.5 Å². The number of pyridine rings is 1. The molecule has 1 atom stereocenters. The number of aliphatic hydroxyl groups is 1. The van der Waals surface area contributed by atoms with Gasteiger partial charge in [-0.3, -0.25) is 4.79 Å². The molecule has 3 N–H and O–H groups in total. The minimum atomic E-state index is -3.70. The number of aromatic hydroxyl groups is 1. The molecule has 5 rings (SSSR count). The second kappa shape index (κ2) is 9.77. The second-order valence-electron chi connectivity index (χ2n) is 9.45. The number of hydrogen-bond acceptors (Lipinski definition) is 7. The molecule has 9 nitrogen and oxygen atoms in total. The van der Waals surface area contributed by atoms with Crippen molar-refractivity contribution in [2.24, 2.45) is 0 Å². The molecule has 0 spiro atoms. The fourth-order valence-corrected chi connectivity index (χ4v) is 6.65. The van der Waals surface area contributed by atoms with Crippen molar-refractivity contribution in [2.75, 3.05) is 25.6 Å². The molecule has 1 saturated carbocycles. The molecule has 2 fully saturated rings. The highest BCUT2D eigenvalue weighted by atomic mass is 32.2. The summed E-state index contributed by atoms with van der Waals surface area (Å²) >= 11 is 0. The van der Waals surface area contributed by atoms with Crippen LogP contribution < -0.4 is 10.1 Å². The maximum atomic E-state index is 13.3. The van der Waals surface area contributed by atoms with Gasteiger partial charge in [0.05, 0.1) is 29.7 Å². The van der Waals surface area contributed by atoms with Crippen LogP contribution in [0, 0.1) is 0 Å². The number of aromatic nitrogens is 1. The lowest BCUT2D eigenvalue weighted by Crippen LogP contribution is -2.37. The lowest BCUT2D eigenvalue weighted by Gasteiger charge is -2.22. The van der Waals surface area contributed by atoms with E-state index in [4.69, 9.17) is 4.74 Å². The third-order valence-corrected chi connectivity index (χ3v) is 9.13. The summed E-state index contributed by atoms with van der Waals surface area (Å²) in [6.45, 7) is 0.205. The third-order valence-electron chi connectivity index (χ3n) is 7.17. The number of aliphatic hydroxyl groups excluding tert-OH is 1. The number of sulfonamides is 1. The third kappa shape index (κ3) is 4.68. The average Bonchev–Trinajstić information content (AvgIpc) is 3.57. The van der Waals surface area contributed by atoms with E-state index >= 15 is 0 Å². The smallest absolute Gasteiger partial charge is 0.243 e. The predicted molar refractivity (Wildman–Crippen MR) is 146 cm³/mol. The van der Waals surface area contributed by atoms with Gasteiger partial charge in [-0.25, -0.2) is 13.4 Å². The van der Waals surface area contributed by atoms with E-state index in [1.54, 1.807) is 54.6 Å². The van der Waals surface area contributed by atoms with Gasteiger partial charge in [-0.2, -0.15) is 4.31 Å². The molecule has 2 heterocycles. The summed E-state index contributed by atoms with van der Waals surface area (Å²) in [6, 6.07) is 16.1. The molecule has 0 unspecified atom stereocenters. The van der Waals surface area contributed by atoms with Gasteiger partial charge in [0.25, 0.3) is 0 Å². The first-order valence-electron chi connectivity index (χ1n) is 12.2. The quantitative estimate of drug-likeness (QED) is 0.396. The summed E-state index contributed by atoms with van der Waals surface area (Å²) in [6.07, 6.45) is 2.69. The molecule has 2 aromatic carbocycles. The normalized spacial score (nSPS) is 18.9. The summed E-state index contributed by atoms with van der Waals surface area (Å²) in [4.78, 5) is 18.0. The number of methoxy groups -OCH3 is 1. The van der Waals surface area contributed by atoms with Crippen LogP contribution in [0.2, 0.25) is 0 Å². The van der Waals surface area contributed by atoms with Crippen LogP contribution in [0.25, 0.3) is 11.3 Å². The molecule has 37 heavy (non-hydrogen) atoms. The van der Waals surface area contributed by atoms with Gasteiger partial charge in [0.1, 0.15) is 17.3 Å². The number of phenolic OH excluding ortho intramolecular Hbond substituents is 1. The Morgan fingerprint density at radius 2 is 1.95 bits per heavy atom. The molecule has 10 heteroatoms. The molecular formula is C27H37N3O6S. The molecule has 1 amide bonds. The minimum Gasteiger partial charge on any atom is -0.508 e. The number of rotatable bonds is 8. The number of benzene rings is 2. The van der Waals surface area contributed by atoms with Crippen molar-refractivity contribution in [3.8, 4) is 22.8 Å². The summed E-state index contributed by atoms with van der Waals surface area (Å²) in [7, 11) is -2.19. The van der Waals surface area contributed by atoms with E-state index < -0.39 is 15.4 Å². The van der Waals surface area contributed by atoms with Crippen LogP contribution in [-0.4, -0.2) is 60.1 Å². The Balaban J connectivity index is 0.00000210. The highest BCUT2D eigenvalue weighted by molar-refractivity contribution is 7.89.